The lowest BCUT2D eigenvalue weighted by atomic mass is 9.79. The number of pyridine rings is 1. The zero-order valence-corrected chi connectivity index (χ0v) is 19.8. The van der Waals surface area contributed by atoms with E-state index < -0.39 is 17.5 Å². The molecule has 2 saturated heterocycles. The normalized spacial score (nSPS) is 19.7. The number of nitrogens with zero attached hydrogens (tertiary/aromatic N) is 4. The average molecular weight is 509 g/mol. The number of piperidine rings is 1. The van der Waals surface area contributed by atoms with Crippen LogP contribution in [0.5, 0.6) is 11.8 Å². The van der Waals surface area contributed by atoms with Crippen molar-refractivity contribution in [2.75, 3.05) is 31.6 Å². The van der Waals surface area contributed by atoms with Gasteiger partial charge in [-0.2, -0.15) is 9.97 Å². The molecule has 2 aromatic heterocycles. The first-order valence-corrected chi connectivity index (χ1v) is 11.8. The molecule has 4 aromatic rings. The fourth-order valence-electron chi connectivity index (χ4n) is 5.54. The van der Waals surface area contributed by atoms with Gasteiger partial charge in [-0.15, -0.1) is 0 Å². The zero-order chi connectivity index (χ0) is 25.9. The number of benzene rings is 2. The lowest BCUT2D eigenvalue weighted by Crippen LogP contribution is -2.45. The minimum Gasteiger partial charge on any atom is -0.508 e. The average Bonchev–Trinajstić information content (AvgIpc) is 3.24. The van der Waals surface area contributed by atoms with Gasteiger partial charge in [0.05, 0.1) is 12.5 Å². The third-order valence-electron chi connectivity index (χ3n) is 7.23. The number of carbonyl (C=O) groups is 1. The Morgan fingerprint density at radius 2 is 2.00 bits per heavy atom. The summed E-state index contributed by atoms with van der Waals surface area (Å²) in [4.78, 5) is 26.9. The number of ether oxygens (including phenoxy) is 1. The topological polar surface area (TPSA) is 100 Å². The predicted octanol–water partition coefficient (Wildman–Crippen LogP) is 4.08. The second kappa shape index (κ2) is 8.46. The minimum atomic E-state index is -1.17. The molecule has 0 saturated carbocycles. The SMILES string of the molecule is COc1nc(N2CCCC3(CNC(=O)C3)C2)c2cnc(-c3cc(O)cc4ccc(F)c(F)c34)c(F)c2n1. The monoisotopic (exact) mass is 509 g/mol. The number of phenols is 1. The van der Waals surface area contributed by atoms with Gasteiger partial charge in [0.1, 0.15) is 22.8 Å². The van der Waals surface area contributed by atoms with Gasteiger partial charge < -0.3 is 20.1 Å². The molecular formula is C26H22F3N5O3. The van der Waals surface area contributed by atoms with Gasteiger partial charge in [0.15, 0.2) is 17.5 Å². The second-order valence-electron chi connectivity index (χ2n) is 9.65. The molecule has 1 atom stereocenters. The van der Waals surface area contributed by atoms with Crippen LogP contribution in [0.1, 0.15) is 19.3 Å². The van der Waals surface area contributed by atoms with Crippen LogP contribution in [-0.2, 0) is 4.79 Å². The molecule has 11 heteroatoms. The summed E-state index contributed by atoms with van der Waals surface area (Å²) in [7, 11) is 1.36. The van der Waals surface area contributed by atoms with Gasteiger partial charge in [-0.3, -0.25) is 9.78 Å². The van der Waals surface area contributed by atoms with E-state index in [0.717, 1.165) is 25.0 Å². The van der Waals surface area contributed by atoms with E-state index in [2.05, 4.69) is 20.3 Å². The van der Waals surface area contributed by atoms with E-state index in [4.69, 9.17) is 4.74 Å². The summed E-state index contributed by atoms with van der Waals surface area (Å²) < 4.78 is 50.3. The number of hydrogen-bond acceptors (Lipinski definition) is 7. The van der Waals surface area contributed by atoms with Gasteiger partial charge in [-0.1, -0.05) is 6.07 Å². The number of aromatic nitrogens is 3. The first-order valence-electron chi connectivity index (χ1n) is 11.8. The van der Waals surface area contributed by atoms with Crippen molar-refractivity contribution in [2.45, 2.75) is 19.3 Å². The van der Waals surface area contributed by atoms with E-state index in [1.165, 1.54) is 25.4 Å². The molecule has 1 amide bonds. The number of amides is 1. The Hall–Kier alpha value is -4.15. The molecule has 2 aromatic carbocycles. The summed E-state index contributed by atoms with van der Waals surface area (Å²) in [5.41, 5.74) is -0.767. The maximum Gasteiger partial charge on any atom is 0.318 e. The summed E-state index contributed by atoms with van der Waals surface area (Å²) in [6, 6.07) is 4.57. The van der Waals surface area contributed by atoms with Crippen LogP contribution < -0.4 is 15.0 Å². The third-order valence-corrected chi connectivity index (χ3v) is 7.23. The van der Waals surface area contributed by atoms with Gasteiger partial charge in [0.2, 0.25) is 5.91 Å². The van der Waals surface area contributed by atoms with Crippen LogP contribution in [0.25, 0.3) is 32.9 Å². The minimum absolute atomic E-state index is 0.00587. The Balaban J connectivity index is 1.53. The molecule has 2 aliphatic rings. The lowest BCUT2D eigenvalue weighted by Gasteiger charge is -2.40. The first-order chi connectivity index (χ1) is 17.8. The van der Waals surface area contributed by atoms with Crippen LogP contribution in [0.3, 0.4) is 0 Å². The molecule has 8 nitrogen and oxygen atoms in total. The van der Waals surface area contributed by atoms with Crippen molar-refractivity contribution in [1.29, 1.82) is 0 Å². The number of hydrogen-bond donors (Lipinski definition) is 2. The van der Waals surface area contributed by atoms with Crippen LogP contribution >= 0.6 is 0 Å². The van der Waals surface area contributed by atoms with Crippen molar-refractivity contribution in [3.8, 4) is 23.0 Å². The molecule has 0 aliphatic carbocycles. The van der Waals surface area contributed by atoms with Gasteiger partial charge >= 0.3 is 6.01 Å². The molecule has 2 N–H and O–H groups in total. The molecular weight excluding hydrogens is 487 g/mol. The number of methoxy groups -OCH3 is 1. The van der Waals surface area contributed by atoms with Crippen molar-refractivity contribution in [3.05, 3.63) is 47.9 Å². The summed E-state index contributed by atoms with van der Waals surface area (Å²) in [6.45, 7) is 1.73. The Morgan fingerprint density at radius 1 is 1.16 bits per heavy atom. The molecule has 2 fully saturated rings. The van der Waals surface area contributed by atoms with Crippen LogP contribution in [0.4, 0.5) is 19.0 Å². The number of phenolic OH excluding ortho intramolecular Hbond substituents is 1. The Bertz CT molecular complexity index is 1600. The van der Waals surface area contributed by atoms with E-state index in [0.29, 0.717) is 37.3 Å². The second-order valence-corrected chi connectivity index (χ2v) is 9.65. The molecule has 0 bridgehead atoms. The lowest BCUT2D eigenvalue weighted by molar-refractivity contribution is -0.119. The van der Waals surface area contributed by atoms with Crippen molar-refractivity contribution in [3.63, 3.8) is 0 Å². The Morgan fingerprint density at radius 3 is 2.76 bits per heavy atom. The highest BCUT2D eigenvalue weighted by Crippen LogP contribution is 2.41. The Labute approximate surface area is 209 Å². The number of nitrogens with one attached hydrogen (secondary N) is 1. The number of fused-ring (bicyclic) bond motifs is 2. The molecule has 4 heterocycles. The van der Waals surface area contributed by atoms with Crippen LogP contribution in [0.15, 0.2) is 30.5 Å². The number of halogens is 3. The maximum absolute atomic E-state index is 16.1. The van der Waals surface area contributed by atoms with Crippen LogP contribution in [0, 0.1) is 22.9 Å². The molecule has 6 rings (SSSR count). The maximum atomic E-state index is 16.1. The predicted molar refractivity (Wildman–Crippen MR) is 130 cm³/mol. The highest BCUT2D eigenvalue weighted by molar-refractivity contribution is 6.00. The fraction of sp³-hybridized carbons (Fsp3) is 0.308. The quantitative estimate of drug-likeness (QED) is 0.429. The van der Waals surface area contributed by atoms with E-state index in [1.54, 1.807) is 0 Å². The number of carbonyl (C=O) groups excluding carboxylic acids is 1. The fourth-order valence-corrected chi connectivity index (χ4v) is 5.54. The van der Waals surface area contributed by atoms with E-state index >= 15 is 4.39 Å². The van der Waals surface area contributed by atoms with Gasteiger partial charge in [-0.25, -0.2) is 13.2 Å². The van der Waals surface area contributed by atoms with Gasteiger partial charge in [0.25, 0.3) is 0 Å². The summed E-state index contributed by atoms with van der Waals surface area (Å²) >= 11 is 0. The number of aromatic hydroxyl groups is 1. The molecule has 190 valence electrons. The van der Waals surface area contributed by atoms with Gasteiger partial charge in [-0.05, 0) is 36.4 Å². The molecule has 0 radical (unpaired) electrons. The summed E-state index contributed by atoms with van der Waals surface area (Å²) in [6.07, 6.45) is 3.49. The third kappa shape index (κ3) is 3.76. The van der Waals surface area contributed by atoms with Crippen molar-refractivity contribution in [1.82, 2.24) is 20.3 Å². The van der Waals surface area contributed by atoms with E-state index in [-0.39, 0.29) is 50.6 Å². The van der Waals surface area contributed by atoms with Crippen molar-refractivity contribution in [2.24, 2.45) is 5.41 Å². The van der Waals surface area contributed by atoms with E-state index in [9.17, 15) is 18.7 Å². The molecule has 1 spiro atoms. The molecule has 37 heavy (non-hydrogen) atoms. The molecule has 1 unspecified atom stereocenters. The largest absolute Gasteiger partial charge is 0.508 e. The summed E-state index contributed by atoms with van der Waals surface area (Å²) in [5.74, 6) is -3.00. The standard InChI is InChI=1S/C26H22F3N5O3/c1-37-25-32-23-16(24(33-25)34-6-2-5-26(12-34)9-18(36)31-11-26)10-30-22(21(23)29)15-8-14(35)7-13-3-4-17(27)20(28)19(13)15/h3-4,7-8,10,35H,2,5-6,9,11-12H2,1H3,(H,31,36). The highest BCUT2D eigenvalue weighted by Gasteiger charge is 2.42. The van der Waals surface area contributed by atoms with Crippen LogP contribution in [0.2, 0.25) is 0 Å². The number of anilines is 1. The Kier molecular flexibility index (Phi) is 5.32. The van der Waals surface area contributed by atoms with Crippen LogP contribution in [-0.4, -0.2) is 52.7 Å². The zero-order valence-electron chi connectivity index (χ0n) is 19.8. The van der Waals surface area contributed by atoms with Crippen molar-refractivity contribution < 1.29 is 27.8 Å². The smallest absolute Gasteiger partial charge is 0.318 e. The summed E-state index contributed by atoms with van der Waals surface area (Å²) in [5, 5.41) is 13.4. The first kappa shape index (κ1) is 23.3. The van der Waals surface area contributed by atoms with Crippen molar-refractivity contribution >= 4 is 33.4 Å². The molecule has 2 aliphatic heterocycles. The van der Waals surface area contributed by atoms with Gasteiger partial charge in [0, 0.05) is 48.6 Å². The number of rotatable bonds is 3. The highest BCUT2D eigenvalue weighted by atomic mass is 19.2. The van der Waals surface area contributed by atoms with E-state index in [1.807, 2.05) is 4.90 Å².